The molecule has 135 heavy (non-hydrogen) atoms. The summed E-state index contributed by atoms with van der Waals surface area (Å²) in [6.07, 6.45) is 0. The van der Waals surface area contributed by atoms with Crippen molar-refractivity contribution in [2.75, 3.05) is 9.80 Å². The van der Waals surface area contributed by atoms with Crippen LogP contribution in [0, 0.1) is 0 Å². The first-order valence-corrected chi connectivity index (χ1v) is 47.1. The van der Waals surface area contributed by atoms with Crippen LogP contribution in [0.5, 0.6) is 0 Å². The lowest BCUT2D eigenvalue weighted by molar-refractivity contribution is 0.590. The van der Waals surface area contributed by atoms with Crippen molar-refractivity contribution in [3.05, 3.63) is 479 Å². The second-order valence-electron chi connectivity index (χ2n) is 37.7. The van der Waals surface area contributed by atoms with Crippen LogP contribution in [0.25, 0.3) is 209 Å². The van der Waals surface area contributed by atoms with Gasteiger partial charge in [-0.2, -0.15) is 0 Å². The van der Waals surface area contributed by atoms with Gasteiger partial charge >= 0.3 is 0 Å². The highest BCUT2D eigenvalue weighted by Gasteiger charge is 2.47. The topological polar surface area (TPSA) is 16.3 Å². The summed E-state index contributed by atoms with van der Waals surface area (Å²) in [5.74, 6) is 0. The summed E-state index contributed by atoms with van der Waals surface area (Å²) in [5, 5.41) is 19.4. The van der Waals surface area contributed by atoms with E-state index in [4.69, 9.17) is 0 Å². The molecule has 27 rings (SSSR count). The molecule has 0 saturated carbocycles. The molecule has 0 radical (unpaired) electrons. The van der Waals surface area contributed by atoms with E-state index in [-0.39, 0.29) is 6.71 Å². The fourth-order valence-corrected chi connectivity index (χ4v) is 23.0. The third-order valence-corrected chi connectivity index (χ3v) is 29.1. The summed E-state index contributed by atoms with van der Waals surface area (Å²) in [5.41, 5.74) is 35.8. The van der Waals surface area contributed by atoms with E-state index in [1.54, 1.807) is 0 Å². The summed E-state index contributed by atoms with van der Waals surface area (Å²) < 4.78 is 5.16. The zero-order chi connectivity index (χ0) is 89.3. The van der Waals surface area contributed by atoms with Crippen LogP contribution in [0.4, 0.5) is 34.1 Å². The molecule has 4 nitrogen and oxygen atoms in total. The Morgan fingerprint density at radius 2 is 0.481 bits per heavy atom. The molecule has 0 amide bonds. The van der Waals surface area contributed by atoms with Gasteiger partial charge in [-0.15, -0.1) is 0 Å². The fraction of sp³-hybridized carbons (Fsp3) is 0.0308. The van der Waals surface area contributed by atoms with Gasteiger partial charge in [-0.25, -0.2) is 0 Å². The Bertz CT molecular complexity index is 8570. The average molecular weight is 1720 g/mol. The number of fused-ring (bicyclic) bond motifs is 18. The first-order valence-electron chi connectivity index (χ1n) is 47.1. The molecule has 2 aromatic heterocycles. The number of anilines is 6. The Morgan fingerprint density at radius 1 is 0.193 bits per heavy atom. The minimum absolute atomic E-state index is 0.356. The maximum atomic E-state index is 2.76. The highest BCUT2D eigenvalue weighted by Crippen LogP contribution is 2.57. The third-order valence-electron chi connectivity index (χ3n) is 29.1. The van der Waals surface area contributed by atoms with Crippen LogP contribution >= 0.6 is 0 Å². The van der Waals surface area contributed by atoms with Gasteiger partial charge in [0.1, 0.15) is 0 Å². The summed E-state index contributed by atoms with van der Waals surface area (Å²) in [6, 6.07) is 180. The molecule has 0 fully saturated rings. The zero-order valence-corrected chi connectivity index (χ0v) is 74.9. The van der Waals surface area contributed by atoms with Crippen molar-refractivity contribution >= 4 is 165 Å². The van der Waals surface area contributed by atoms with E-state index in [9.17, 15) is 0 Å². The van der Waals surface area contributed by atoms with E-state index in [1.165, 1.54) is 142 Å². The van der Waals surface area contributed by atoms with Gasteiger partial charge in [0, 0.05) is 77.9 Å². The second kappa shape index (κ2) is 30.8. The van der Waals surface area contributed by atoms with Gasteiger partial charge in [-0.1, -0.05) is 397 Å². The summed E-state index contributed by atoms with van der Waals surface area (Å²) in [6.45, 7) is 6.89. The summed E-state index contributed by atoms with van der Waals surface area (Å²) >= 11 is 0. The predicted octanol–water partition coefficient (Wildman–Crippen LogP) is 33.5. The number of benzene rings is 23. The van der Waals surface area contributed by atoms with E-state index in [1.807, 2.05) is 0 Å². The molecule has 0 unspecified atom stereocenters. The highest BCUT2D eigenvalue weighted by molar-refractivity contribution is 7.00. The Hall–Kier alpha value is -17.1. The van der Waals surface area contributed by atoms with Crippen molar-refractivity contribution in [2.45, 2.75) is 26.2 Å². The van der Waals surface area contributed by atoms with Gasteiger partial charge in [0.2, 0.25) is 0 Å². The van der Waals surface area contributed by atoms with Crippen molar-refractivity contribution in [3.8, 4) is 100 Å². The third kappa shape index (κ3) is 12.4. The quantitative estimate of drug-likeness (QED) is 0.113. The molecule has 5 heteroatoms. The van der Waals surface area contributed by atoms with Crippen molar-refractivity contribution in [1.29, 1.82) is 0 Å². The van der Waals surface area contributed by atoms with E-state index < -0.39 is 5.41 Å². The second-order valence-corrected chi connectivity index (χ2v) is 37.7. The molecule has 25 aromatic rings. The number of hydrogen-bond donors (Lipinski definition) is 0. The van der Waals surface area contributed by atoms with Gasteiger partial charge in [0.25, 0.3) is 6.71 Å². The van der Waals surface area contributed by atoms with E-state index in [2.05, 4.69) is 513 Å². The van der Waals surface area contributed by atoms with E-state index in [0.29, 0.717) is 0 Å². The number of nitrogens with zero attached hydrogens (tertiary/aromatic N) is 4. The van der Waals surface area contributed by atoms with Gasteiger partial charge in [-0.3, -0.25) is 0 Å². The smallest absolute Gasteiger partial charge is 0.252 e. The first-order chi connectivity index (χ1) is 66.6. The van der Waals surface area contributed by atoms with Crippen LogP contribution in [-0.4, -0.2) is 15.8 Å². The lowest BCUT2D eigenvalue weighted by Gasteiger charge is -2.46. The minimum Gasteiger partial charge on any atom is -0.310 e. The van der Waals surface area contributed by atoms with Crippen molar-refractivity contribution in [2.24, 2.45) is 0 Å². The van der Waals surface area contributed by atoms with Crippen molar-refractivity contribution in [1.82, 2.24) is 9.13 Å². The molecule has 630 valence electrons. The molecule has 0 spiro atoms. The maximum Gasteiger partial charge on any atom is 0.252 e. The maximum absolute atomic E-state index is 2.76. The molecule has 0 saturated heterocycles. The monoisotopic (exact) mass is 1710 g/mol. The number of aromatic nitrogens is 2. The highest BCUT2D eigenvalue weighted by atomic mass is 15.2. The van der Waals surface area contributed by atoms with Crippen LogP contribution < -0.4 is 26.2 Å². The van der Waals surface area contributed by atoms with Gasteiger partial charge in [0.15, 0.2) is 0 Å². The lowest BCUT2D eigenvalue weighted by Crippen LogP contribution is -2.61. The number of rotatable bonds is 12. The largest absolute Gasteiger partial charge is 0.310 e. The lowest BCUT2D eigenvalue weighted by atomic mass is 9.33. The molecule has 4 heterocycles. The molecule has 0 aliphatic carbocycles. The molecule has 0 bridgehead atoms. The van der Waals surface area contributed by atoms with Gasteiger partial charge < -0.3 is 18.9 Å². The van der Waals surface area contributed by atoms with Crippen molar-refractivity contribution < 1.29 is 0 Å². The predicted molar refractivity (Wildman–Crippen MR) is 576 cm³/mol. The van der Waals surface area contributed by atoms with Crippen molar-refractivity contribution in [3.63, 3.8) is 0 Å². The molecule has 0 atom stereocenters. The Labute approximate surface area is 784 Å². The minimum atomic E-state index is -0.429. The Morgan fingerprint density at radius 3 is 0.815 bits per heavy atom. The van der Waals surface area contributed by atoms with Crippen LogP contribution in [-0.2, 0) is 5.41 Å². The van der Waals surface area contributed by atoms with Gasteiger partial charge in [-0.05, 0) is 256 Å². The first kappa shape index (κ1) is 77.8. The Balaban J connectivity index is 0.803. The molecule has 2 aliphatic heterocycles. The normalized spacial score (nSPS) is 12.5. The fourth-order valence-electron chi connectivity index (χ4n) is 23.0. The van der Waals surface area contributed by atoms with Crippen LogP contribution in [0.1, 0.15) is 26.3 Å². The average Bonchev–Trinajstić information content (AvgIpc) is 0.781. The molecule has 23 aromatic carbocycles. The Kier molecular flexibility index (Phi) is 17.7. The summed E-state index contributed by atoms with van der Waals surface area (Å²) in [7, 11) is 0. The molecular formula is C130H87BN4. The van der Waals surface area contributed by atoms with Gasteiger partial charge in [0.05, 0.1) is 33.4 Å². The number of hydrogen-bond acceptors (Lipinski definition) is 2. The van der Waals surface area contributed by atoms with Crippen LogP contribution in [0.15, 0.2) is 473 Å². The zero-order valence-electron chi connectivity index (χ0n) is 74.9. The summed E-state index contributed by atoms with van der Waals surface area (Å²) in [4.78, 5) is 5.52. The van der Waals surface area contributed by atoms with E-state index >= 15 is 0 Å². The van der Waals surface area contributed by atoms with Crippen LogP contribution in [0.2, 0.25) is 0 Å². The molecule has 2 aliphatic rings. The van der Waals surface area contributed by atoms with Crippen LogP contribution in [0.3, 0.4) is 0 Å². The van der Waals surface area contributed by atoms with E-state index in [0.717, 1.165) is 123 Å². The molecule has 0 N–H and O–H groups in total. The standard InChI is InChI=1S/C130H87BN4/c1-130(2,3)96-78-123-127-124(79-96)135(129-111(88-36-12-6-13-37-88)76-95(77-112(129)89-38-14-7-15-39-89)106-59-31-49-85-43-19-25-53-102(85)106)122-81-98(133-118-69-63-93(104-57-29-47-83-41-17-23-51-100(83)104)73-114(118)126-108-55-27-21-45-91(108)61-71-120(126)133)65-67-116(122)131(127)115-66-64-97(132-117-68-62-92(103-56-28-46-82-40-16-22-50-99(82)103)72-113(117)125-107-54-26-20-44-90(107)60-70-119(125)132)80-121(115)134(123)128-109(86-32-8-4-9-33-86)74-94(75-110(128)87-34-10-5-11-35-87)105-58-30-48-84-42-18-24-52-101(84)105/h4-81H,1-3H3. The SMILES string of the molecule is CC(C)(C)c1cc2c3c(c1)N(c1c(-c4ccccc4)cc(-c4cccc5ccccc45)cc1-c1ccccc1)c1cc(-n4c5ccc(-c6cccc7ccccc67)cc5c5c6ccccc6ccc54)ccc1B3c1ccc(-n3c4ccc(-c5cccc6ccccc56)cc4c4c5ccccc5ccc43)cc1N2c1c(-c2ccccc2)cc(-c2cccc3ccccc23)cc1-c1ccccc1. The molecular weight excluding hydrogens is 1630 g/mol.